The number of aliphatic hydroxyl groups is 1. The fourth-order valence-corrected chi connectivity index (χ4v) is 8.40. The lowest BCUT2D eigenvalue weighted by Gasteiger charge is -2.38. The molecular weight excluding hydrogens is 785 g/mol. The molecular formula is C54H76N4O5. The van der Waals surface area contributed by atoms with Gasteiger partial charge in [0.15, 0.2) is 6.29 Å². The van der Waals surface area contributed by atoms with Crippen LogP contribution in [0.15, 0.2) is 97.1 Å². The highest BCUT2D eigenvalue weighted by molar-refractivity contribution is 5.93. The number of nitrogen functional groups attached to an aromatic ring is 1. The van der Waals surface area contributed by atoms with E-state index in [9.17, 15) is 14.7 Å². The second kappa shape index (κ2) is 28.3. The zero-order valence-electron chi connectivity index (χ0n) is 38.3. The van der Waals surface area contributed by atoms with Gasteiger partial charge in [-0.15, -0.1) is 0 Å². The van der Waals surface area contributed by atoms with Crippen LogP contribution in [0.4, 0.5) is 11.4 Å². The number of amides is 2. The maximum absolute atomic E-state index is 12.7. The molecule has 0 radical (unpaired) electrons. The van der Waals surface area contributed by atoms with E-state index in [0.29, 0.717) is 37.2 Å². The quantitative estimate of drug-likeness (QED) is 0.0316. The molecule has 4 aromatic carbocycles. The SMILES string of the molecule is CCCCCCCCN(CCCCCCCC)C[C@H]1C[C@@H](c2ccc(CO)cc2)O[C@@H](c2ccc(-c3cccc(CNC(=O)CCCCCC(=O)Nc4ccccc4N)c3)cc2)O1. The Hall–Kier alpha value is -4.54. The molecule has 0 bridgehead atoms. The van der Waals surface area contributed by atoms with Crippen LogP contribution in [0.25, 0.3) is 11.1 Å². The van der Waals surface area contributed by atoms with E-state index in [4.69, 9.17) is 15.2 Å². The third-order valence-electron chi connectivity index (χ3n) is 12.2. The first-order valence-corrected chi connectivity index (χ1v) is 24.2. The minimum Gasteiger partial charge on any atom is -0.397 e. The van der Waals surface area contributed by atoms with E-state index in [2.05, 4.69) is 77.9 Å². The zero-order chi connectivity index (χ0) is 44.5. The van der Waals surface area contributed by atoms with E-state index in [1.165, 1.54) is 77.0 Å². The first-order valence-electron chi connectivity index (χ1n) is 24.2. The molecule has 4 aromatic rings. The van der Waals surface area contributed by atoms with Crippen LogP contribution >= 0.6 is 0 Å². The lowest BCUT2D eigenvalue weighted by Crippen LogP contribution is -2.40. The summed E-state index contributed by atoms with van der Waals surface area (Å²) < 4.78 is 13.6. The highest BCUT2D eigenvalue weighted by atomic mass is 16.7. The van der Waals surface area contributed by atoms with Crippen LogP contribution < -0.4 is 16.4 Å². The Kier molecular flexibility index (Phi) is 22.2. The molecule has 0 spiro atoms. The van der Waals surface area contributed by atoms with Crippen molar-refractivity contribution in [3.8, 4) is 11.1 Å². The second-order valence-corrected chi connectivity index (χ2v) is 17.5. The van der Waals surface area contributed by atoms with Gasteiger partial charge in [0, 0.05) is 37.9 Å². The molecule has 0 aliphatic carbocycles. The normalized spacial score (nSPS) is 16.3. The summed E-state index contributed by atoms with van der Waals surface area (Å²) in [6.07, 6.45) is 18.7. The first-order chi connectivity index (χ1) is 30.8. The second-order valence-electron chi connectivity index (χ2n) is 17.5. The number of benzene rings is 4. The number of aliphatic hydroxyl groups excluding tert-OH is 1. The minimum absolute atomic E-state index is 0.00707. The van der Waals surface area contributed by atoms with Crippen molar-refractivity contribution in [2.24, 2.45) is 0 Å². The van der Waals surface area contributed by atoms with E-state index >= 15 is 0 Å². The average Bonchev–Trinajstić information content (AvgIpc) is 3.31. The van der Waals surface area contributed by atoms with Gasteiger partial charge in [-0.1, -0.05) is 163 Å². The predicted octanol–water partition coefficient (Wildman–Crippen LogP) is 12.2. The van der Waals surface area contributed by atoms with Crippen LogP contribution in [0.3, 0.4) is 0 Å². The molecule has 1 fully saturated rings. The third kappa shape index (κ3) is 17.9. The Morgan fingerprint density at radius 2 is 1.27 bits per heavy atom. The van der Waals surface area contributed by atoms with Crippen molar-refractivity contribution in [2.45, 2.75) is 161 Å². The maximum atomic E-state index is 12.7. The molecule has 63 heavy (non-hydrogen) atoms. The highest BCUT2D eigenvalue weighted by Crippen LogP contribution is 2.39. The van der Waals surface area contributed by atoms with E-state index < -0.39 is 6.29 Å². The van der Waals surface area contributed by atoms with Crippen molar-refractivity contribution in [2.75, 3.05) is 30.7 Å². The molecule has 9 nitrogen and oxygen atoms in total. The van der Waals surface area contributed by atoms with E-state index in [0.717, 1.165) is 72.3 Å². The molecule has 0 aromatic heterocycles. The topological polar surface area (TPSA) is 126 Å². The van der Waals surface area contributed by atoms with Gasteiger partial charge in [-0.05, 0) is 84.8 Å². The largest absolute Gasteiger partial charge is 0.397 e. The zero-order valence-corrected chi connectivity index (χ0v) is 38.3. The van der Waals surface area contributed by atoms with Gasteiger partial charge in [0.25, 0.3) is 0 Å². The predicted molar refractivity (Wildman–Crippen MR) is 258 cm³/mol. The number of rotatable bonds is 29. The van der Waals surface area contributed by atoms with Crippen molar-refractivity contribution in [1.82, 2.24) is 10.2 Å². The number of ether oxygens (including phenoxy) is 2. The number of carbonyl (C=O) groups excluding carboxylic acids is 2. The molecule has 342 valence electrons. The van der Waals surface area contributed by atoms with Crippen molar-refractivity contribution in [3.05, 3.63) is 119 Å². The number of nitrogens with two attached hydrogens (primary N) is 1. The Labute approximate surface area is 378 Å². The Balaban J connectivity index is 1.15. The van der Waals surface area contributed by atoms with Crippen molar-refractivity contribution in [1.29, 1.82) is 0 Å². The van der Waals surface area contributed by atoms with Crippen LogP contribution in [0.1, 0.15) is 164 Å². The Morgan fingerprint density at radius 3 is 1.94 bits per heavy atom. The molecule has 5 N–H and O–H groups in total. The van der Waals surface area contributed by atoms with Crippen LogP contribution in [-0.2, 0) is 32.2 Å². The molecule has 1 aliphatic heterocycles. The van der Waals surface area contributed by atoms with Gasteiger partial charge in [0.1, 0.15) is 0 Å². The fraction of sp³-hybridized carbons (Fsp3) is 0.519. The highest BCUT2D eigenvalue weighted by Gasteiger charge is 2.33. The summed E-state index contributed by atoms with van der Waals surface area (Å²) >= 11 is 0. The Morgan fingerprint density at radius 1 is 0.651 bits per heavy atom. The Bertz CT molecular complexity index is 1890. The molecule has 0 saturated carbocycles. The summed E-state index contributed by atoms with van der Waals surface area (Å²) in [6.45, 7) is 8.12. The molecule has 1 saturated heterocycles. The average molecular weight is 861 g/mol. The molecule has 3 atom stereocenters. The van der Waals surface area contributed by atoms with E-state index in [1.54, 1.807) is 12.1 Å². The van der Waals surface area contributed by atoms with E-state index in [-0.39, 0.29) is 30.6 Å². The lowest BCUT2D eigenvalue weighted by molar-refractivity contribution is -0.253. The van der Waals surface area contributed by atoms with Crippen LogP contribution in [0.5, 0.6) is 0 Å². The summed E-state index contributed by atoms with van der Waals surface area (Å²) in [6, 6.07) is 32.2. The molecule has 2 amide bonds. The number of unbranched alkanes of at least 4 members (excludes halogenated alkanes) is 12. The molecule has 1 aliphatic rings. The minimum atomic E-state index is -0.502. The fourth-order valence-electron chi connectivity index (χ4n) is 8.40. The summed E-state index contributed by atoms with van der Waals surface area (Å²) in [4.78, 5) is 27.7. The van der Waals surface area contributed by atoms with Gasteiger partial charge >= 0.3 is 0 Å². The maximum Gasteiger partial charge on any atom is 0.224 e. The monoisotopic (exact) mass is 861 g/mol. The smallest absolute Gasteiger partial charge is 0.224 e. The summed E-state index contributed by atoms with van der Waals surface area (Å²) in [5.74, 6) is -0.0613. The summed E-state index contributed by atoms with van der Waals surface area (Å²) in [5, 5.41) is 15.6. The number of para-hydroxylation sites is 2. The van der Waals surface area contributed by atoms with Gasteiger partial charge in [-0.25, -0.2) is 0 Å². The number of carbonyl (C=O) groups is 2. The third-order valence-corrected chi connectivity index (χ3v) is 12.2. The summed E-state index contributed by atoms with van der Waals surface area (Å²) in [7, 11) is 0. The van der Waals surface area contributed by atoms with Gasteiger partial charge < -0.3 is 35.8 Å². The first kappa shape index (κ1) is 49.5. The summed E-state index contributed by atoms with van der Waals surface area (Å²) in [5.41, 5.74) is 13.3. The molecule has 1 heterocycles. The number of nitrogens with zero attached hydrogens (tertiary/aromatic N) is 1. The van der Waals surface area contributed by atoms with Crippen LogP contribution in [0, 0.1) is 0 Å². The lowest BCUT2D eigenvalue weighted by atomic mass is 9.98. The van der Waals surface area contributed by atoms with Gasteiger partial charge in [-0.2, -0.15) is 0 Å². The van der Waals surface area contributed by atoms with Crippen molar-refractivity contribution >= 4 is 23.2 Å². The van der Waals surface area contributed by atoms with Crippen molar-refractivity contribution < 1.29 is 24.2 Å². The molecule has 5 rings (SSSR count). The molecule has 9 heteroatoms. The van der Waals surface area contributed by atoms with Gasteiger partial charge in [0.2, 0.25) is 11.8 Å². The van der Waals surface area contributed by atoms with Crippen LogP contribution in [-0.4, -0.2) is 47.6 Å². The van der Waals surface area contributed by atoms with Gasteiger partial charge in [-0.3, -0.25) is 9.59 Å². The number of nitrogens with one attached hydrogen (secondary N) is 2. The van der Waals surface area contributed by atoms with E-state index in [1.807, 2.05) is 36.4 Å². The number of hydrogen-bond donors (Lipinski definition) is 4. The van der Waals surface area contributed by atoms with Gasteiger partial charge in [0.05, 0.1) is 30.2 Å². The van der Waals surface area contributed by atoms with Crippen LogP contribution in [0.2, 0.25) is 0 Å². The molecule has 0 unspecified atom stereocenters. The number of anilines is 2. The standard InChI is InChI=1S/C54H76N4O5/c1-3-5-7-9-11-18-35-58(36-19-12-10-8-6-4-2)40-48-38-51(45-29-27-42(41-59)28-30-45)63-54(62-48)46-33-31-44(32-34-46)47-22-20-21-43(37-47)39-56-52(60)25-14-13-15-26-53(61)57-50-24-17-16-23-49(50)55/h16-17,20-24,27-34,37,48,51,54,59H,3-15,18-19,25-26,35-36,38-41,55H2,1-2H3,(H,56,60)(H,57,61)/t48-,51+,54+/m1/s1. The number of hydrogen-bond acceptors (Lipinski definition) is 7. The van der Waals surface area contributed by atoms with Crippen molar-refractivity contribution in [3.63, 3.8) is 0 Å².